The monoisotopic (exact) mass is 314 g/mol. The van der Waals surface area contributed by atoms with Gasteiger partial charge >= 0.3 is 0 Å². The van der Waals surface area contributed by atoms with Gasteiger partial charge in [-0.05, 0) is 19.4 Å². The molecule has 0 saturated heterocycles. The van der Waals surface area contributed by atoms with Crippen LogP contribution in [-0.4, -0.2) is 61.6 Å². The fourth-order valence-electron chi connectivity index (χ4n) is 1.66. The minimum atomic E-state index is 0.521. The summed E-state index contributed by atoms with van der Waals surface area (Å²) in [5.74, 6) is 0.662. The van der Waals surface area contributed by atoms with Crippen molar-refractivity contribution in [2.75, 3.05) is 46.6 Å². The van der Waals surface area contributed by atoms with Crippen molar-refractivity contribution in [1.82, 2.24) is 20.3 Å². The minimum Gasteiger partial charge on any atom is -0.378 e. The summed E-state index contributed by atoms with van der Waals surface area (Å²) in [6.45, 7) is 9.74. The second kappa shape index (κ2) is 12.5. The molecule has 0 radical (unpaired) electrons. The number of hydrogen-bond acceptors (Lipinski definition) is 6. The number of aromatic nitrogens is 3. The largest absolute Gasteiger partial charge is 0.378 e. The van der Waals surface area contributed by atoms with Gasteiger partial charge in [-0.25, -0.2) is 4.68 Å². The van der Waals surface area contributed by atoms with Crippen LogP contribution < -0.4 is 5.32 Å². The van der Waals surface area contributed by atoms with Crippen LogP contribution in [0.25, 0.3) is 0 Å². The summed E-state index contributed by atoms with van der Waals surface area (Å²) >= 11 is 0. The maximum Gasteiger partial charge on any atom is 0.108 e. The van der Waals surface area contributed by atoms with Crippen LogP contribution in [0, 0.1) is 5.92 Å². The molecule has 0 bridgehead atoms. The lowest BCUT2D eigenvalue weighted by Gasteiger charge is -2.05. The highest BCUT2D eigenvalue weighted by Gasteiger charge is 2.02. The van der Waals surface area contributed by atoms with Crippen LogP contribution in [0.5, 0.6) is 0 Å². The molecule has 22 heavy (non-hydrogen) atoms. The van der Waals surface area contributed by atoms with Crippen LogP contribution in [0.3, 0.4) is 0 Å². The third-order valence-corrected chi connectivity index (χ3v) is 3.01. The fraction of sp³-hybridized carbons (Fsp3) is 0.867. The Labute approximate surface area is 133 Å². The Morgan fingerprint density at radius 3 is 2.59 bits per heavy atom. The summed E-state index contributed by atoms with van der Waals surface area (Å²) in [6, 6.07) is 0. The molecule has 7 heteroatoms. The Balaban J connectivity index is 2.00. The van der Waals surface area contributed by atoms with Gasteiger partial charge in [-0.1, -0.05) is 19.1 Å². The van der Waals surface area contributed by atoms with Crippen LogP contribution in [-0.2, 0) is 27.4 Å². The molecule has 0 aromatic carbocycles. The van der Waals surface area contributed by atoms with Crippen molar-refractivity contribution in [3.8, 4) is 0 Å². The van der Waals surface area contributed by atoms with E-state index in [1.165, 1.54) is 0 Å². The summed E-state index contributed by atoms with van der Waals surface area (Å²) in [4.78, 5) is 0. The van der Waals surface area contributed by atoms with Gasteiger partial charge in [0.15, 0.2) is 0 Å². The normalized spacial score (nSPS) is 11.5. The first-order valence-electron chi connectivity index (χ1n) is 7.99. The van der Waals surface area contributed by atoms with Crippen molar-refractivity contribution >= 4 is 0 Å². The molecule has 0 aliphatic rings. The molecule has 128 valence electrons. The number of nitrogens with zero attached hydrogens (tertiary/aromatic N) is 3. The van der Waals surface area contributed by atoms with Gasteiger partial charge in [-0.2, -0.15) is 0 Å². The molecule has 1 rings (SSSR count). The summed E-state index contributed by atoms with van der Waals surface area (Å²) in [5, 5.41) is 11.2. The molecular weight excluding hydrogens is 284 g/mol. The highest BCUT2D eigenvalue weighted by atomic mass is 16.5. The molecule has 0 aliphatic heterocycles. The van der Waals surface area contributed by atoms with Crippen molar-refractivity contribution < 1.29 is 14.2 Å². The lowest BCUT2D eigenvalue weighted by atomic mass is 10.1. The molecule has 0 saturated carbocycles. The maximum atomic E-state index is 5.56. The number of hydrogen-bond donors (Lipinski definition) is 1. The quantitative estimate of drug-likeness (QED) is 0.518. The standard InChI is InChI=1S/C15H30N4O3/c1-14(2)4-7-22-13-15-12-19(18-17-15)6-9-21-11-10-20-8-5-16-3/h12,14,16H,4-11,13H2,1-3H3. The van der Waals surface area contributed by atoms with Crippen molar-refractivity contribution in [2.24, 2.45) is 5.92 Å². The van der Waals surface area contributed by atoms with Crippen LogP contribution >= 0.6 is 0 Å². The smallest absolute Gasteiger partial charge is 0.108 e. The first-order valence-corrected chi connectivity index (χ1v) is 7.99. The average molecular weight is 314 g/mol. The lowest BCUT2D eigenvalue weighted by Crippen LogP contribution is -2.16. The van der Waals surface area contributed by atoms with E-state index in [-0.39, 0.29) is 0 Å². The lowest BCUT2D eigenvalue weighted by molar-refractivity contribution is 0.0453. The molecule has 0 aliphatic carbocycles. The van der Waals surface area contributed by atoms with Crippen molar-refractivity contribution in [3.05, 3.63) is 11.9 Å². The zero-order valence-electron chi connectivity index (χ0n) is 14.1. The molecule has 0 spiro atoms. The van der Waals surface area contributed by atoms with Gasteiger partial charge in [0.25, 0.3) is 0 Å². The van der Waals surface area contributed by atoms with Crippen LogP contribution in [0.1, 0.15) is 26.0 Å². The fourth-order valence-corrected chi connectivity index (χ4v) is 1.66. The first kappa shape index (κ1) is 19.0. The average Bonchev–Trinajstić information content (AvgIpc) is 2.94. The van der Waals surface area contributed by atoms with E-state index in [2.05, 4.69) is 29.5 Å². The highest BCUT2D eigenvalue weighted by Crippen LogP contribution is 2.02. The van der Waals surface area contributed by atoms with Crippen LogP contribution in [0.4, 0.5) is 0 Å². The van der Waals surface area contributed by atoms with Crippen molar-refractivity contribution in [1.29, 1.82) is 0 Å². The SMILES string of the molecule is CNCCOCCOCCn1cc(COCCC(C)C)nn1. The molecule has 0 amide bonds. The number of likely N-dealkylation sites (N-methyl/N-ethyl adjacent to an activating group) is 1. The molecule has 0 fully saturated rings. The Morgan fingerprint density at radius 1 is 1.09 bits per heavy atom. The van der Waals surface area contributed by atoms with E-state index in [1.54, 1.807) is 4.68 Å². The molecule has 1 aromatic rings. The highest BCUT2D eigenvalue weighted by molar-refractivity contribution is 4.89. The molecule has 1 heterocycles. The Bertz CT molecular complexity index is 371. The molecule has 0 unspecified atom stereocenters. The second-order valence-electron chi connectivity index (χ2n) is 5.54. The second-order valence-corrected chi connectivity index (χ2v) is 5.54. The van der Waals surface area contributed by atoms with E-state index < -0.39 is 0 Å². The van der Waals surface area contributed by atoms with Crippen LogP contribution in [0.2, 0.25) is 0 Å². The third-order valence-electron chi connectivity index (χ3n) is 3.01. The Hall–Kier alpha value is -1.02. The van der Waals surface area contributed by atoms with E-state index in [0.717, 1.165) is 25.3 Å². The van der Waals surface area contributed by atoms with Gasteiger partial charge in [-0.3, -0.25) is 0 Å². The van der Waals surface area contributed by atoms with Crippen molar-refractivity contribution in [2.45, 2.75) is 33.4 Å². The Kier molecular flexibility index (Phi) is 10.8. The van der Waals surface area contributed by atoms with Crippen LogP contribution in [0.15, 0.2) is 6.20 Å². The van der Waals surface area contributed by atoms with E-state index in [9.17, 15) is 0 Å². The molecular formula is C15H30N4O3. The summed E-state index contributed by atoms with van der Waals surface area (Å²) < 4.78 is 18.2. The molecule has 1 N–H and O–H groups in total. The van der Waals surface area contributed by atoms with E-state index in [1.807, 2.05) is 13.2 Å². The summed E-state index contributed by atoms with van der Waals surface area (Å²) in [7, 11) is 1.90. The van der Waals surface area contributed by atoms with Gasteiger partial charge in [0, 0.05) is 13.2 Å². The van der Waals surface area contributed by atoms with E-state index >= 15 is 0 Å². The minimum absolute atomic E-state index is 0.521. The number of nitrogens with one attached hydrogen (secondary N) is 1. The molecule has 7 nitrogen and oxygen atoms in total. The van der Waals surface area contributed by atoms with E-state index in [4.69, 9.17) is 14.2 Å². The van der Waals surface area contributed by atoms with Gasteiger partial charge in [0.1, 0.15) is 5.69 Å². The predicted molar refractivity (Wildman–Crippen MR) is 84.7 cm³/mol. The van der Waals surface area contributed by atoms with E-state index in [0.29, 0.717) is 45.5 Å². The summed E-state index contributed by atoms with van der Waals surface area (Å²) in [6.07, 6.45) is 2.97. The Morgan fingerprint density at radius 2 is 1.86 bits per heavy atom. The van der Waals surface area contributed by atoms with Crippen molar-refractivity contribution in [3.63, 3.8) is 0 Å². The predicted octanol–water partition coefficient (Wildman–Crippen LogP) is 1.09. The number of rotatable bonds is 14. The number of ether oxygens (including phenoxy) is 3. The molecule has 1 aromatic heterocycles. The third kappa shape index (κ3) is 9.83. The zero-order chi connectivity index (χ0) is 16.0. The topological polar surface area (TPSA) is 70.4 Å². The van der Waals surface area contributed by atoms with Gasteiger partial charge in [0.05, 0.1) is 45.8 Å². The molecule has 0 atom stereocenters. The maximum absolute atomic E-state index is 5.56. The first-order chi connectivity index (χ1) is 10.7. The summed E-state index contributed by atoms with van der Waals surface area (Å²) in [5.41, 5.74) is 0.860. The zero-order valence-corrected chi connectivity index (χ0v) is 14.1. The van der Waals surface area contributed by atoms with Gasteiger partial charge in [-0.15, -0.1) is 5.10 Å². The van der Waals surface area contributed by atoms with Gasteiger partial charge in [0.2, 0.25) is 0 Å². The van der Waals surface area contributed by atoms with Gasteiger partial charge < -0.3 is 19.5 Å².